The van der Waals surface area contributed by atoms with E-state index in [1.807, 2.05) is 6.92 Å². The molecule has 6 nitrogen and oxygen atoms in total. The maximum atomic E-state index is 11.5. The van der Waals surface area contributed by atoms with Gasteiger partial charge in [0.2, 0.25) is 5.82 Å². The number of nitrogens with zero attached hydrogens (tertiary/aromatic N) is 2. The summed E-state index contributed by atoms with van der Waals surface area (Å²) < 4.78 is 15.8. The van der Waals surface area contributed by atoms with Gasteiger partial charge in [0, 0.05) is 12.0 Å². The van der Waals surface area contributed by atoms with Crippen LogP contribution in [0.25, 0.3) is 11.6 Å². The first-order chi connectivity index (χ1) is 10.8. The number of Topliss-reactive ketones (excluding diaryl/α,β-unsaturated/α-hetero) is 1. The summed E-state index contributed by atoms with van der Waals surface area (Å²) in [4.78, 5) is 15.7. The SMILES string of the molecule is CCC(=O)c1ccc(OCc2nc(-c3ccco3)no2)cc1. The molecule has 0 spiro atoms. The van der Waals surface area contributed by atoms with Gasteiger partial charge in [-0.2, -0.15) is 4.98 Å². The Morgan fingerprint density at radius 2 is 2.05 bits per heavy atom. The lowest BCUT2D eigenvalue weighted by molar-refractivity contribution is 0.0988. The molecular weight excluding hydrogens is 284 g/mol. The molecule has 3 rings (SSSR count). The lowest BCUT2D eigenvalue weighted by Gasteiger charge is -2.03. The summed E-state index contributed by atoms with van der Waals surface area (Å²) in [6, 6.07) is 10.5. The minimum atomic E-state index is 0.103. The zero-order valence-electron chi connectivity index (χ0n) is 12.0. The van der Waals surface area contributed by atoms with Crippen LogP contribution in [0.5, 0.6) is 5.75 Å². The molecule has 0 aliphatic heterocycles. The van der Waals surface area contributed by atoms with Gasteiger partial charge in [-0.15, -0.1) is 0 Å². The van der Waals surface area contributed by atoms with E-state index in [2.05, 4.69) is 10.1 Å². The number of hydrogen-bond acceptors (Lipinski definition) is 6. The summed E-state index contributed by atoms with van der Waals surface area (Å²) in [5.74, 6) is 2.00. The third-order valence-electron chi connectivity index (χ3n) is 3.07. The van der Waals surface area contributed by atoms with E-state index in [0.29, 0.717) is 35.2 Å². The fourth-order valence-corrected chi connectivity index (χ4v) is 1.91. The Balaban J connectivity index is 1.62. The van der Waals surface area contributed by atoms with Gasteiger partial charge in [-0.25, -0.2) is 0 Å². The molecule has 0 aliphatic carbocycles. The molecule has 2 aromatic heterocycles. The van der Waals surface area contributed by atoms with E-state index in [1.165, 1.54) is 0 Å². The Morgan fingerprint density at radius 3 is 2.73 bits per heavy atom. The fraction of sp³-hybridized carbons (Fsp3) is 0.188. The van der Waals surface area contributed by atoms with Crippen molar-refractivity contribution in [1.29, 1.82) is 0 Å². The second-order valence-corrected chi connectivity index (χ2v) is 4.58. The van der Waals surface area contributed by atoms with Crippen molar-refractivity contribution in [3.05, 3.63) is 54.1 Å². The second kappa shape index (κ2) is 6.26. The summed E-state index contributed by atoms with van der Waals surface area (Å²) >= 11 is 0. The number of carbonyl (C=O) groups excluding carboxylic acids is 1. The van der Waals surface area contributed by atoms with Crippen LogP contribution in [-0.2, 0) is 6.61 Å². The van der Waals surface area contributed by atoms with E-state index in [4.69, 9.17) is 13.7 Å². The van der Waals surface area contributed by atoms with Crippen LogP contribution in [0, 0.1) is 0 Å². The van der Waals surface area contributed by atoms with Gasteiger partial charge >= 0.3 is 0 Å². The van der Waals surface area contributed by atoms with E-state index < -0.39 is 0 Å². The first-order valence-corrected chi connectivity index (χ1v) is 6.89. The van der Waals surface area contributed by atoms with Crippen LogP contribution in [0.3, 0.4) is 0 Å². The van der Waals surface area contributed by atoms with E-state index in [1.54, 1.807) is 42.7 Å². The summed E-state index contributed by atoms with van der Waals surface area (Å²) in [6.45, 7) is 1.98. The molecule has 0 fully saturated rings. The normalized spacial score (nSPS) is 10.6. The molecule has 0 saturated carbocycles. The van der Waals surface area contributed by atoms with Gasteiger partial charge in [0.05, 0.1) is 6.26 Å². The third-order valence-corrected chi connectivity index (χ3v) is 3.07. The number of carbonyl (C=O) groups is 1. The Bertz CT molecular complexity index is 745. The predicted molar refractivity (Wildman–Crippen MR) is 77.4 cm³/mol. The van der Waals surface area contributed by atoms with Crippen LogP contribution in [0.4, 0.5) is 0 Å². The van der Waals surface area contributed by atoms with Crippen LogP contribution in [0.15, 0.2) is 51.6 Å². The highest BCUT2D eigenvalue weighted by Gasteiger charge is 2.11. The van der Waals surface area contributed by atoms with E-state index in [9.17, 15) is 4.79 Å². The van der Waals surface area contributed by atoms with Gasteiger partial charge in [-0.05, 0) is 36.4 Å². The van der Waals surface area contributed by atoms with Crippen molar-refractivity contribution in [1.82, 2.24) is 10.1 Å². The molecule has 1 aromatic carbocycles. The van der Waals surface area contributed by atoms with Crippen molar-refractivity contribution in [3.8, 4) is 17.3 Å². The highest BCUT2D eigenvalue weighted by molar-refractivity contribution is 5.95. The number of ketones is 1. The predicted octanol–water partition coefficient (Wildman–Crippen LogP) is 3.50. The highest BCUT2D eigenvalue weighted by Crippen LogP contribution is 2.18. The lowest BCUT2D eigenvalue weighted by Crippen LogP contribution is -1.98. The average Bonchev–Trinajstić information content (AvgIpc) is 3.23. The zero-order chi connectivity index (χ0) is 15.4. The number of aromatic nitrogens is 2. The number of rotatable bonds is 6. The first-order valence-electron chi connectivity index (χ1n) is 6.89. The van der Waals surface area contributed by atoms with Gasteiger partial charge in [0.25, 0.3) is 5.89 Å². The highest BCUT2D eigenvalue weighted by atomic mass is 16.5. The Kier molecular flexibility index (Phi) is 4.00. The zero-order valence-corrected chi connectivity index (χ0v) is 12.0. The summed E-state index contributed by atoms with van der Waals surface area (Å²) in [6.07, 6.45) is 2.03. The maximum Gasteiger partial charge on any atom is 0.264 e. The standard InChI is InChI=1S/C16H14N2O4/c1-2-13(19)11-5-7-12(8-6-11)21-10-15-17-16(18-22-15)14-4-3-9-20-14/h3-9H,2,10H2,1H3. The number of hydrogen-bond donors (Lipinski definition) is 0. The van der Waals surface area contributed by atoms with Crippen LogP contribution in [0.2, 0.25) is 0 Å². The largest absolute Gasteiger partial charge is 0.484 e. The van der Waals surface area contributed by atoms with Crippen molar-refractivity contribution >= 4 is 5.78 Å². The molecule has 2 heterocycles. The van der Waals surface area contributed by atoms with Crippen molar-refractivity contribution in [2.75, 3.05) is 0 Å². The van der Waals surface area contributed by atoms with Crippen molar-refractivity contribution in [2.24, 2.45) is 0 Å². The summed E-state index contributed by atoms with van der Waals surface area (Å²) in [5, 5.41) is 3.81. The molecule has 0 N–H and O–H groups in total. The number of furan rings is 1. The molecule has 0 aliphatic rings. The molecule has 112 valence electrons. The molecule has 6 heteroatoms. The van der Waals surface area contributed by atoms with E-state index in [-0.39, 0.29) is 12.4 Å². The Hall–Kier alpha value is -2.89. The van der Waals surface area contributed by atoms with Crippen LogP contribution >= 0.6 is 0 Å². The monoisotopic (exact) mass is 298 g/mol. The number of ether oxygens (including phenoxy) is 1. The maximum absolute atomic E-state index is 11.5. The second-order valence-electron chi connectivity index (χ2n) is 4.58. The Morgan fingerprint density at radius 1 is 1.23 bits per heavy atom. The molecule has 0 bridgehead atoms. The third kappa shape index (κ3) is 3.06. The molecule has 0 amide bonds. The van der Waals surface area contributed by atoms with Gasteiger partial charge in [-0.1, -0.05) is 12.1 Å². The molecule has 0 radical (unpaired) electrons. The molecule has 3 aromatic rings. The van der Waals surface area contributed by atoms with Gasteiger partial charge < -0.3 is 13.7 Å². The van der Waals surface area contributed by atoms with Crippen LogP contribution < -0.4 is 4.74 Å². The van der Waals surface area contributed by atoms with Crippen LogP contribution in [-0.4, -0.2) is 15.9 Å². The van der Waals surface area contributed by atoms with Crippen molar-refractivity contribution < 1.29 is 18.5 Å². The molecule has 0 atom stereocenters. The lowest BCUT2D eigenvalue weighted by atomic mass is 10.1. The molecule has 0 saturated heterocycles. The number of benzene rings is 1. The first kappa shape index (κ1) is 14.1. The Labute approximate surface area is 126 Å². The van der Waals surface area contributed by atoms with Crippen LogP contribution in [0.1, 0.15) is 29.6 Å². The molecule has 0 unspecified atom stereocenters. The topological polar surface area (TPSA) is 78.4 Å². The van der Waals surface area contributed by atoms with Gasteiger partial charge in [-0.3, -0.25) is 4.79 Å². The summed E-state index contributed by atoms with van der Waals surface area (Å²) in [5.41, 5.74) is 0.674. The minimum absolute atomic E-state index is 0.103. The van der Waals surface area contributed by atoms with Gasteiger partial charge in [0.1, 0.15) is 5.75 Å². The van der Waals surface area contributed by atoms with E-state index >= 15 is 0 Å². The molecular formula is C16H14N2O4. The fourth-order valence-electron chi connectivity index (χ4n) is 1.91. The quantitative estimate of drug-likeness (QED) is 0.648. The minimum Gasteiger partial charge on any atom is -0.484 e. The van der Waals surface area contributed by atoms with Gasteiger partial charge in [0.15, 0.2) is 18.2 Å². The summed E-state index contributed by atoms with van der Waals surface area (Å²) in [7, 11) is 0. The smallest absolute Gasteiger partial charge is 0.264 e. The van der Waals surface area contributed by atoms with E-state index in [0.717, 1.165) is 0 Å². The van der Waals surface area contributed by atoms with Crippen molar-refractivity contribution in [2.45, 2.75) is 20.0 Å². The molecule has 22 heavy (non-hydrogen) atoms. The van der Waals surface area contributed by atoms with Crippen molar-refractivity contribution in [3.63, 3.8) is 0 Å². The average molecular weight is 298 g/mol.